The van der Waals surface area contributed by atoms with E-state index in [2.05, 4.69) is 6.07 Å². The van der Waals surface area contributed by atoms with Crippen molar-refractivity contribution in [1.29, 1.82) is 21.2 Å². The quantitative estimate of drug-likeness (QED) is 0.383. The molecule has 38 heavy (non-hydrogen) atoms. The van der Waals surface area contributed by atoms with E-state index in [4.69, 9.17) is 42.8 Å². The molecule has 2 saturated heterocycles. The molecular weight excluding hydrogens is 523 g/mol. The van der Waals surface area contributed by atoms with Gasteiger partial charge in [0.15, 0.2) is 5.41 Å². The molecule has 3 aromatic carbocycles. The number of benzene rings is 3. The molecule has 2 fully saturated rings. The zero-order chi connectivity index (χ0) is 27.1. The fraction of sp³-hybridized carbons (Fsp3) is 0.241. The highest BCUT2D eigenvalue weighted by atomic mass is 35.5. The Morgan fingerprint density at radius 3 is 2.24 bits per heavy atom. The largest absolute Gasteiger partial charge is 0.489 e. The van der Waals surface area contributed by atoms with Gasteiger partial charge in [0.05, 0.1) is 29.1 Å². The first-order valence-corrected chi connectivity index (χ1v) is 12.5. The Bertz CT molecular complexity index is 1530. The van der Waals surface area contributed by atoms with Crippen LogP contribution in [0, 0.1) is 56.2 Å². The minimum atomic E-state index is -2.09. The molecule has 0 aliphatic carbocycles. The average Bonchev–Trinajstić information content (AvgIpc) is 3.09. The molecule has 0 spiro atoms. The van der Waals surface area contributed by atoms with Gasteiger partial charge in [-0.1, -0.05) is 72.6 Å². The summed E-state index contributed by atoms with van der Waals surface area (Å²) in [5.74, 6) is -2.60. The van der Waals surface area contributed by atoms with Gasteiger partial charge in [-0.2, -0.15) is 15.8 Å². The number of halogens is 2. The monoisotopic (exact) mass is 542 g/mol. The van der Waals surface area contributed by atoms with Crippen molar-refractivity contribution >= 4 is 29.1 Å². The zero-order valence-electron chi connectivity index (χ0n) is 20.1. The van der Waals surface area contributed by atoms with Crippen molar-refractivity contribution in [1.82, 2.24) is 0 Å². The van der Waals surface area contributed by atoms with E-state index in [0.717, 1.165) is 5.56 Å². The maximum absolute atomic E-state index is 10.5. The number of rotatable bonds is 5. The van der Waals surface area contributed by atoms with E-state index < -0.39 is 34.5 Å². The Kier molecular flexibility index (Phi) is 6.30. The molecular formula is C29H20Cl2N4O3. The maximum atomic E-state index is 10.5. The van der Waals surface area contributed by atoms with Crippen LogP contribution in [0.1, 0.15) is 29.7 Å². The lowest BCUT2D eigenvalue weighted by atomic mass is 9.53. The lowest BCUT2D eigenvalue weighted by Gasteiger charge is -2.49. The van der Waals surface area contributed by atoms with E-state index in [1.807, 2.05) is 42.5 Å². The summed E-state index contributed by atoms with van der Waals surface area (Å²) in [5.41, 5.74) is -2.25. The molecule has 0 amide bonds. The highest BCUT2D eigenvalue weighted by Gasteiger charge is 2.80. The van der Waals surface area contributed by atoms with E-state index in [0.29, 0.717) is 28.5 Å². The Balaban J connectivity index is 1.60. The lowest BCUT2D eigenvalue weighted by molar-refractivity contribution is -0.288. The minimum absolute atomic E-state index is 0.204. The highest BCUT2D eigenvalue weighted by molar-refractivity contribution is 6.35. The fourth-order valence-corrected chi connectivity index (χ4v) is 5.94. The molecule has 4 atom stereocenters. The van der Waals surface area contributed by atoms with Gasteiger partial charge in [-0.05, 0) is 41.5 Å². The minimum Gasteiger partial charge on any atom is -0.489 e. The molecule has 0 radical (unpaired) electrons. The van der Waals surface area contributed by atoms with E-state index in [9.17, 15) is 15.8 Å². The van der Waals surface area contributed by atoms with Gasteiger partial charge >= 0.3 is 0 Å². The van der Waals surface area contributed by atoms with Crippen molar-refractivity contribution in [3.63, 3.8) is 0 Å². The molecule has 0 aromatic heterocycles. The van der Waals surface area contributed by atoms with E-state index in [-0.39, 0.29) is 5.02 Å². The molecule has 188 valence electrons. The van der Waals surface area contributed by atoms with Gasteiger partial charge in [0.1, 0.15) is 18.5 Å². The molecule has 5 rings (SSSR count). The van der Waals surface area contributed by atoms with Crippen molar-refractivity contribution in [2.75, 3.05) is 0 Å². The van der Waals surface area contributed by atoms with E-state index in [1.165, 1.54) is 6.07 Å². The van der Waals surface area contributed by atoms with Gasteiger partial charge in [0.2, 0.25) is 17.1 Å². The summed E-state index contributed by atoms with van der Waals surface area (Å²) in [6.45, 7) is 1.98. The predicted molar refractivity (Wildman–Crippen MR) is 139 cm³/mol. The molecule has 2 bridgehead atoms. The molecule has 7 nitrogen and oxygen atoms in total. The van der Waals surface area contributed by atoms with Gasteiger partial charge in [-0.15, -0.1) is 0 Å². The summed E-state index contributed by atoms with van der Waals surface area (Å²) in [7, 11) is 0. The number of fused-ring (bicyclic) bond motifs is 2. The lowest BCUT2D eigenvalue weighted by Crippen LogP contribution is -2.57. The Labute approximate surface area is 229 Å². The van der Waals surface area contributed by atoms with Gasteiger partial charge in [0, 0.05) is 10.6 Å². The van der Waals surface area contributed by atoms with E-state index in [1.54, 1.807) is 43.3 Å². The number of hydrogen-bond donors (Lipinski definition) is 1. The van der Waals surface area contributed by atoms with E-state index >= 15 is 0 Å². The Morgan fingerprint density at radius 2 is 1.63 bits per heavy atom. The molecule has 3 aromatic rings. The van der Waals surface area contributed by atoms with Crippen molar-refractivity contribution in [3.8, 4) is 24.0 Å². The van der Waals surface area contributed by atoms with Crippen LogP contribution in [-0.4, -0.2) is 5.90 Å². The number of nitrogens with zero attached hydrogens (tertiary/aromatic N) is 3. The second kappa shape index (κ2) is 9.35. The van der Waals surface area contributed by atoms with Crippen LogP contribution >= 0.6 is 23.2 Å². The first-order valence-electron chi connectivity index (χ1n) is 11.7. The van der Waals surface area contributed by atoms with Crippen LogP contribution in [-0.2, 0) is 21.9 Å². The second-order valence-corrected chi connectivity index (χ2v) is 10.1. The second-order valence-electron chi connectivity index (χ2n) is 9.24. The SMILES string of the molecule is CC1C2(c3ccc(Cl)cc3Cl)OC(=N)C1(C#N)C(C#N)(C#N)C(c1ccc(OCc3ccccc3)cc1)O2. The summed E-state index contributed by atoms with van der Waals surface area (Å²) in [5, 5.41) is 40.6. The number of ether oxygens (including phenoxy) is 3. The topological polar surface area (TPSA) is 123 Å². The van der Waals surface area contributed by atoms with Crippen molar-refractivity contribution in [2.24, 2.45) is 16.7 Å². The molecule has 0 saturated carbocycles. The Hall–Kier alpha value is -4.06. The summed E-state index contributed by atoms with van der Waals surface area (Å²) >= 11 is 12.7. The van der Waals surface area contributed by atoms with Crippen molar-refractivity contribution in [2.45, 2.75) is 25.4 Å². The van der Waals surface area contributed by atoms with Gasteiger partial charge in [0.25, 0.3) is 0 Å². The molecule has 2 aliphatic rings. The number of nitriles is 3. The first kappa shape index (κ1) is 25.6. The number of hydrogen-bond acceptors (Lipinski definition) is 7. The van der Waals surface area contributed by atoms with Crippen LogP contribution in [0.5, 0.6) is 5.75 Å². The zero-order valence-corrected chi connectivity index (χ0v) is 21.6. The molecule has 9 heteroatoms. The normalized spacial score (nSPS) is 26.9. The standard InChI is InChI=1S/C29H20Cl2N4O3/c1-18-28(17-34)26(35)38-29(18,23-12-9-21(30)13-24(23)31)37-25(27(28,15-32)16-33)20-7-10-22(11-8-20)36-14-19-5-3-2-4-6-19/h2-13,18,25,35H,14H2,1H3. The van der Waals surface area contributed by atoms with Crippen molar-refractivity contribution < 1.29 is 14.2 Å². The van der Waals surface area contributed by atoms with Crippen LogP contribution in [0.15, 0.2) is 72.8 Å². The van der Waals surface area contributed by atoms with Gasteiger partial charge in [-0.3, -0.25) is 5.41 Å². The third-order valence-corrected chi connectivity index (χ3v) is 7.95. The first-order chi connectivity index (χ1) is 18.3. The summed E-state index contributed by atoms with van der Waals surface area (Å²) in [4.78, 5) is 0. The molecule has 1 N–H and O–H groups in total. The van der Waals surface area contributed by atoms with Crippen LogP contribution in [0.4, 0.5) is 0 Å². The predicted octanol–water partition coefficient (Wildman–Crippen LogP) is 6.68. The van der Waals surface area contributed by atoms with Crippen LogP contribution in [0.3, 0.4) is 0 Å². The average molecular weight is 543 g/mol. The summed E-state index contributed by atoms with van der Waals surface area (Å²) in [6.07, 6.45) is -1.26. The van der Waals surface area contributed by atoms with Crippen LogP contribution in [0.25, 0.3) is 0 Å². The maximum Gasteiger partial charge on any atom is 0.245 e. The highest BCUT2D eigenvalue weighted by Crippen LogP contribution is 2.69. The van der Waals surface area contributed by atoms with Crippen LogP contribution in [0.2, 0.25) is 10.0 Å². The van der Waals surface area contributed by atoms with Gasteiger partial charge < -0.3 is 14.2 Å². The molecule has 4 unspecified atom stereocenters. The Morgan fingerprint density at radius 1 is 0.947 bits per heavy atom. The smallest absolute Gasteiger partial charge is 0.245 e. The fourth-order valence-electron chi connectivity index (χ4n) is 5.40. The summed E-state index contributed by atoms with van der Waals surface area (Å²) in [6, 6.07) is 27.3. The summed E-state index contributed by atoms with van der Waals surface area (Å²) < 4.78 is 18.4. The van der Waals surface area contributed by atoms with Crippen LogP contribution < -0.4 is 4.74 Å². The van der Waals surface area contributed by atoms with Crippen molar-refractivity contribution in [3.05, 3.63) is 99.5 Å². The van der Waals surface area contributed by atoms with Gasteiger partial charge in [-0.25, -0.2) is 0 Å². The number of nitrogens with one attached hydrogen (secondary N) is 1. The third kappa shape index (κ3) is 3.46. The molecule has 2 aliphatic heterocycles. The third-order valence-electron chi connectivity index (χ3n) is 7.41. The molecule has 2 heterocycles.